The monoisotopic (exact) mass is 311 g/mol. The highest BCUT2D eigenvalue weighted by Crippen LogP contribution is 2.26. The standard InChI is InChI=1S/C17H15FN4O/c1-10-8-12-4-3-5-14(18)16(12)22-15(10)17(23)21(20-22)13-7-6-11(2)19-9-13/h3-7,9-10H,8H2,1-2H3/p+1. The normalized spacial score (nSPS) is 16.0. The van der Waals surface area contributed by atoms with Gasteiger partial charge < -0.3 is 0 Å². The first-order chi connectivity index (χ1) is 11.1. The molecule has 1 unspecified atom stereocenters. The van der Waals surface area contributed by atoms with E-state index in [-0.39, 0.29) is 17.3 Å². The van der Waals surface area contributed by atoms with Crippen LogP contribution in [0.25, 0.3) is 11.4 Å². The highest BCUT2D eigenvalue weighted by atomic mass is 19.1. The van der Waals surface area contributed by atoms with Gasteiger partial charge in [-0.25, -0.2) is 9.18 Å². The van der Waals surface area contributed by atoms with Crippen molar-refractivity contribution < 1.29 is 9.07 Å². The second-order valence-corrected chi connectivity index (χ2v) is 5.97. The van der Waals surface area contributed by atoms with Crippen molar-refractivity contribution in [1.82, 2.24) is 14.9 Å². The van der Waals surface area contributed by atoms with E-state index in [9.17, 15) is 9.18 Å². The summed E-state index contributed by atoms with van der Waals surface area (Å²) in [7, 11) is 0. The van der Waals surface area contributed by atoms with Crippen LogP contribution < -0.4 is 10.2 Å². The van der Waals surface area contributed by atoms with Crippen molar-refractivity contribution >= 4 is 0 Å². The Hall–Kier alpha value is -2.76. The topological polar surface area (TPSA) is 54.6 Å². The third-order valence-corrected chi connectivity index (χ3v) is 4.30. The molecule has 0 fully saturated rings. The molecule has 3 heterocycles. The number of fused-ring (bicyclic) bond motifs is 3. The smallest absolute Gasteiger partial charge is 0.257 e. The minimum Gasteiger partial charge on any atom is -0.257 e. The molecule has 5 nitrogen and oxygen atoms in total. The summed E-state index contributed by atoms with van der Waals surface area (Å²) in [5.41, 5.74) is 3.21. The lowest BCUT2D eigenvalue weighted by molar-refractivity contribution is -0.674. The van der Waals surface area contributed by atoms with Crippen LogP contribution >= 0.6 is 0 Å². The third-order valence-electron chi connectivity index (χ3n) is 4.30. The Balaban J connectivity index is 1.99. The van der Waals surface area contributed by atoms with E-state index in [2.05, 4.69) is 10.2 Å². The summed E-state index contributed by atoms with van der Waals surface area (Å²) in [6.07, 6.45) is 2.28. The number of hydrogen-bond donors (Lipinski definition) is 1. The number of aromatic nitrogens is 4. The van der Waals surface area contributed by atoms with Crippen molar-refractivity contribution in [3.05, 3.63) is 69.7 Å². The molecule has 4 rings (SSSR count). The second-order valence-electron chi connectivity index (χ2n) is 5.97. The van der Waals surface area contributed by atoms with Gasteiger partial charge >= 0.3 is 5.56 Å². The SMILES string of the molecule is Cc1ccc(-n2[nH][n+]3c(c2=O)C(C)Cc2cccc(F)c2-3)cn1. The molecule has 0 aliphatic carbocycles. The first-order valence-corrected chi connectivity index (χ1v) is 7.54. The molecule has 0 amide bonds. The van der Waals surface area contributed by atoms with Crippen molar-refractivity contribution in [2.45, 2.75) is 26.2 Å². The molecule has 1 N–H and O–H groups in total. The molecule has 1 aliphatic rings. The van der Waals surface area contributed by atoms with E-state index in [4.69, 9.17) is 0 Å². The predicted octanol–water partition coefficient (Wildman–Crippen LogP) is 1.94. The summed E-state index contributed by atoms with van der Waals surface area (Å²) in [6.45, 7) is 3.86. The van der Waals surface area contributed by atoms with Crippen LogP contribution in [0.2, 0.25) is 0 Å². The molecule has 0 spiro atoms. The number of para-hydroxylation sites is 1. The van der Waals surface area contributed by atoms with E-state index in [1.807, 2.05) is 32.0 Å². The number of nitrogens with one attached hydrogen (secondary N) is 1. The van der Waals surface area contributed by atoms with E-state index in [0.29, 0.717) is 23.5 Å². The third kappa shape index (κ3) is 2.02. The van der Waals surface area contributed by atoms with Crippen LogP contribution in [0.15, 0.2) is 41.3 Å². The summed E-state index contributed by atoms with van der Waals surface area (Å²) in [5, 5.41) is 3.01. The molecule has 0 radical (unpaired) electrons. The summed E-state index contributed by atoms with van der Waals surface area (Å²) in [4.78, 5) is 17.0. The zero-order valence-electron chi connectivity index (χ0n) is 12.9. The summed E-state index contributed by atoms with van der Waals surface area (Å²) in [5.74, 6) is -0.330. The molecule has 3 aromatic rings. The minimum atomic E-state index is -0.337. The van der Waals surface area contributed by atoms with Crippen molar-refractivity contribution in [3.8, 4) is 11.4 Å². The molecular formula is C17H16FN4O+. The maximum absolute atomic E-state index is 14.3. The van der Waals surface area contributed by atoms with Gasteiger partial charge in [0, 0.05) is 17.2 Å². The first kappa shape index (κ1) is 13.9. The van der Waals surface area contributed by atoms with Crippen molar-refractivity contribution in [3.63, 3.8) is 0 Å². The maximum Gasteiger partial charge on any atom is 0.402 e. The molecule has 6 heteroatoms. The number of benzene rings is 1. The van der Waals surface area contributed by atoms with Gasteiger partial charge in [-0.2, -0.15) is 0 Å². The molecule has 2 aromatic heterocycles. The van der Waals surface area contributed by atoms with Gasteiger partial charge in [0.05, 0.1) is 6.20 Å². The number of pyridine rings is 1. The van der Waals surface area contributed by atoms with Crippen LogP contribution in [0.3, 0.4) is 0 Å². The summed E-state index contributed by atoms with van der Waals surface area (Å²) >= 11 is 0. The Morgan fingerprint density at radius 1 is 1.35 bits per heavy atom. The van der Waals surface area contributed by atoms with Crippen LogP contribution in [0.5, 0.6) is 0 Å². The fourth-order valence-corrected chi connectivity index (χ4v) is 3.18. The van der Waals surface area contributed by atoms with E-state index in [1.54, 1.807) is 16.9 Å². The van der Waals surface area contributed by atoms with Crippen LogP contribution in [0.4, 0.5) is 4.39 Å². The molecule has 116 valence electrons. The van der Waals surface area contributed by atoms with Gasteiger partial charge in [-0.05, 0) is 31.5 Å². The quantitative estimate of drug-likeness (QED) is 0.698. The van der Waals surface area contributed by atoms with Gasteiger partial charge in [-0.3, -0.25) is 4.98 Å². The zero-order chi connectivity index (χ0) is 16.1. The Bertz CT molecular complexity index is 956. The van der Waals surface area contributed by atoms with E-state index < -0.39 is 0 Å². The number of hydrogen-bond acceptors (Lipinski definition) is 2. The zero-order valence-corrected chi connectivity index (χ0v) is 12.9. The van der Waals surface area contributed by atoms with Crippen LogP contribution in [-0.4, -0.2) is 14.9 Å². The number of halogens is 1. The Kier molecular flexibility index (Phi) is 2.94. The van der Waals surface area contributed by atoms with Gasteiger partial charge in [0.2, 0.25) is 5.69 Å². The number of aryl methyl sites for hydroxylation is 1. The molecule has 0 bridgehead atoms. The molecule has 1 aliphatic heterocycles. The molecule has 0 saturated carbocycles. The number of H-pyrrole nitrogens is 1. The first-order valence-electron chi connectivity index (χ1n) is 7.54. The van der Waals surface area contributed by atoms with E-state index in [0.717, 1.165) is 11.3 Å². The molecular weight excluding hydrogens is 295 g/mol. The van der Waals surface area contributed by atoms with Gasteiger partial charge in [-0.1, -0.05) is 29.0 Å². The lowest BCUT2D eigenvalue weighted by Gasteiger charge is -2.17. The van der Waals surface area contributed by atoms with Gasteiger partial charge in [-0.15, -0.1) is 4.68 Å². The average Bonchev–Trinajstić information content (AvgIpc) is 2.86. The molecule has 23 heavy (non-hydrogen) atoms. The minimum absolute atomic E-state index is 0.00714. The molecule has 1 aromatic carbocycles. The Morgan fingerprint density at radius 2 is 2.17 bits per heavy atom. The van der Waals surface area contributed by atoms with Crippen LogP contribution in [0, 0.1) is 12.7 Å². The van der Waals surface area contributed by atoms with Gasteiger partial charge in [0.25, 0.3) is 0 Å². The molecule has 1 atom stereocenters. The van der Waals surface area contributed by atoms with Crippen LogP contribution in [0.1, 0.15) is 29.8 Å². The highest BCUT2D eigenvalue weighted by Gasteiger charge is 2.36. The number of nitrogens with zero attached hydrogens (tertiary/aromatic N) is 3. The van der Waals surface area contributed by atoms with E-state index >= 15 is 0 Å². The van der Waals surface area contributed by atoms with Crippen molar-refractivity contribution in [1.29, 1.82) is 0 Å². The van der Waals surface area contributed by atoms with E-state index in [1.165, 1.54) is 10.7 Å². The maximum atomic E-state index is 14.3. The fraction of sp³-hybridized carbons (Fsp3) is 0.235. The predicted molar refractivity (Wildman–Crippen MR) is 82.5 cm³/mol. The van der Waals surface area contributed by atoms with Crippen LogP contribution in [-0.2, 0) is 6.42 Å². The second kappa shape index (κ2) is 4.87. The van der Waals surface area contributed by atoms with Gasteiger partial charge in [0.15, 0.2) is 17.2 Å². The summed E-state index contributed by atoms with van der Waals surface area (Å²) < 4.78 is 17.3. The van der Waals surface area contributed by atoms with Crippen molar-refractivity contribution in [2.24, 2.45) is 0 Å². The highest BCUT2D eigenvalue weighted by molar-refractivity contribution is 5.39. The average molecular weight is 311 g/mol. The molecule has 0 saturated heterocycles. The largest absolute Gasteiger partial charge is 0.402 e. The van der Waals surface area contributed by atoms with Gasteiger partial charge in [0.1, 0.15) is 0 Å². The fourth-order valence-electron chi connectivity index (χ4n) is 3.18. The Morgan fingerprint density at radius 3 is 2.91 bits per heavy atom. The lowest BCUT2D eigenvalue weighted by Crippen LogP contribution is -2.45. The van der Waals surface area contributed by atoms with Crippen molar-refractivity contribution in [2.75, 3.05) is 0 Å². The lowest BCUT2D eigenvalue weighted by atomic mass is 9.93. The number of aromatic amines is 1. The number of rotatable bonds is 1. The Labute approximate surface area is 132 Å². The summed E-state index contributed by atoms with van der Waals surface area (Å²) in [6, 6.07) is 8.66.